The maximum atomic E-state index is 12.1. The molecular weight excluding hydrogens is 280 g/mol. The van der Waals surface area contributed by atoms with Crippen LogP contribution in [0, 0.1) is 12.3 Å². The zero-order valence-electron chi connectivity index (χ0n) is 14.0. The van der Waals surface area contributed by atoms with Crippen LogP contribution in [0.25, 0.3) is 0 Å². The largest absolute Gasteiger partial charge is 0.495 e. The monoisotopic (exact) mass is 308 g/mol. The summed E-state index contributed by atoms with van der Waals surface area (Å²) in [6, 6.07) is 5.37. The zero-order valence-corrected chi connectivity index (χ0v) is 14.0. The van der Waals surface area contributed by atoms with Gasteiger partial charge in [0.15, 0.2) is 0 Å². The van der Waals surface area contributed by atoms with Crippen LogP contribution in [-0.4, -0.2) is 31.4 Å². The van der Waals surface area contributed by atoms with Crippen LogP contribution in [0.3, 0.4) is 0 Å². The summed E-state index contributed by atoms with van der Waals surface area (Å²) in [7, 11) is 1.58. The molecule has 0 fully saturated rings. The van der Waals surface area contributed by atoms with Crippen LogP contribution >= 0.6 is 0 Å². The Bertz CT molecular complexity index is 485. The quantitative estimate of drug-likeness (QED) is 0.690. The maximum absolute atomic E-state index is 12.1. The lowest BCUT2D eigenvalue weighted by Gasteiger charge is -2.31. The van der Waals surface area contributed by atoms with Crippen molar-refractivity contribution in [2.75, 3.05) is 25.6 Å². The standard InChI is InChI=1S/C17H28N2O3/c1-5-17(6-2,9-10-20)12-18-16(21)19-14-8-7-13(3)11-15(14)22-4/h7-8,11,20H,5-6,9-10,12H2,1-4H3,(H2,18,19,21). The summed E-state index contributed by atoms with van der Waals surface area (Å²) in [4.78, 5) is 12.1. The van der Waals surface area contributed by atoms with E-state index in [1.807, 2.05) is 25.1 Å². The molecule has 5 heteroatoms. The number of aryl methyl sites for hydroxylation is 1. The Morgan fingerprint density at radius 2 is 2.00 bits per heavy atom. The van der Waals surface area contributed by atoms with E-state index in [0.29, 0.717) is 24.4 Å². The van der Waals surface area contributed by atoms with Crippen molar-refractivity contribution < 1.29 is 14.6 Å². The number of ether oxygens (including phenoxy) is 1. The van der Waals surface area contributed by atoms with Gasteiger partial charge in [0.2, 0.25) is 0 Å². The molecule has 1 aromatic rings. The Labute approximate surface area is 133 Å². The van der Waals surface area contributed by atoms with E-state index in [4.69, 9.17) is 4.74 Å². The van der Waals surface area contributed by atoms with Crippen LogP contribution in [0.4, 0.5) is 10.5 Å². The number of amides is 2. The Morgan fingerprint density at radius 1 is 1.32 bits per heavy atom. The molecule has 0 aliphatic heterocycles. The molecule has 0 aliphatic rings. The lowest BCUT2D eigenvalue weighted by molar-refractivity contribution is 0.165. The lowest BCUT2D eigenvalue weighted by atomic mass is 9.79. The number of methoxy groups -OCH3 is 1. The first-order valence-corrected chi connectivity index (χ1v) is 7.80. The number of benzene rings is 1. The Balaban J connectivity index is 2.66. The third-order valence-electron chi connectivity index (χ3n) is 4.37. The van der Waals surface area contributed by atoms with Crippen molar-refractivity contribution in [2.45, 2.75) is 40.0 Å². The molecule has 0 heterocycles. The lowest BCUT2D eigenvalue weighted by Crippen LogP contribution is -2.39. The van der Waals surface area contributed by atoms with Gasteiger partial charge in [-0.15, -0.1) is 0 Å². The number of hydrogen-bond donors (Lipinski definition) is 3. The summed E-state index contributed by atoms with van der Waals surface area (Å²) in [5.41, 5.74) is 1.66. The SMILES string of the molecule is CCC(CC)(CCO)CNC(=O)Nc1ccc(C)cc1OC. The molecule has 124 valence electrons. The molecule has 0 spiro atoms. The number of anilines is 1. The third-order valence-corrected chi connectivity index (χ3v) is 4.37. The normalized spacial score (nSPS) is 11.1. The Kier molecular flexibility index (Phi) is 7.18. The van der Waals surface area contributed by atoms with Crippen molar-refractivity contribution in [2.24, 2.45) is 5.41 Å². The van der Waals surface area contributed by atoms with Crippen LogP contribution in [-0.2, 0) is 0 Å². The van der Waals surface area contributed by atoms with Crippen molar-refractivity contribution in [1.82, 2.24) is 5.32 Å². The smallest absolute Gasteiger partial charge is 0.319 e. The van der Waals surface area contributed by atoms with E-state index in [9.17, 15) is 9.90 Å². The Morgan fingerprint density at radius 3 is 2.55 bits per heavy atom. The van der Waals surface area contributed by atoms with Gasteiger partial charge in [0.25, 0.3) is 0 Å². The third kappa shape index (κ3) is 4.91. The van der Waals surface area contributed by atoms with Crippen LogP contribution < -0.4 is 15.4 Å². The first-order chi connectivity index (χ1) is 10.5. The molecule has 0 saturated heterocycles. The molecule has 0 radical (unpaired) electrons. The van der Waals surface area contributed by atoms with Gasteiger partial charge >= 0.3 is 6.03 Å². The number of nitrogens with one attached hydrogen (secondary N) is 2. The highest BCUT2D eigenvalue weighted by atomic mass is 16.5. The predicted octanol–water partition coefficient (Wildman–Crippen LogP) is 3.31. The summed E-state index contributed by atoms with van der Waals surface area (Å²) < 4.78 is 5.28. The molecule has 0 unspecified atom stereocenters. The molecule has 0 aliphatic carbocycles. The number of rotatable bonds is 8. The summed E-state index contributed by atoms with van der Waals surface area (Å²) in [5, 5.41) is 14.9. The van der Waals surface area contributed by atoms with E-state index in [-0.39, 0.29) is 18.1 Å². The fourth-order valence-corrected chi connectivity index (χ4v) is 2.52. The minimum atomic E-state index is -0.258. The van der Waals surface area contributed by atoms with E-state index in [0.717, 1.165) is 18.4 Å². The second-order valence-electron chi connectivity index (χ2n) is 5.69. The highest BCUT2D eigenvalue weighted by Gasteiger charge is 2.26. The van der Waals surface area contributed by atoms with Crippen LogP contribution in [0.15, 0.2) is 18.2 Å². The van der Waals surface area contributed by atoms with Gasteiger partial charge in [-0.05, 0) is 49.3 Å². The highest BCUT2D eigenvalue weighted by molar-refractivity contribution is 5.91. The molecule has 1 aromatic carbocycles. The minimum Gasteiger partial charge on any atom is -0.495 e. The molecule has 5 nitrogen and oxygen atoms in total. The summed E-state index contributed by atoms with van der Waals surface area (Å²) in [6.07, 6.45) is 2.52. The van der Waals surface area contributed by atoms with Gasteiger partial charge in [0.05, 0.1) is 12.8 Å². The summed E-state index contributed by atoms with van der Waals surface area (Å²) in [5.74, 6) is 0.641. The molecular formula is C17H28N2O3. The van der Waals surface area contributed by atoms with E-state index < -0.39 is 0 Å². The highest BCUT2D eigenvalue weighted by Crippen LogP contribution is 2.29. The molecule has 0 bridgehead atoms. The average molecular weight is 308 g/mol. The van der Waals surface area contributed by atoms with Crippen LogP contribution in [0.1, 0.15) is 38.7 Å². The van der Waals surface area contributed by atoms with E-state index in [1.165, 1.54) is 0 Å². The number of hydrogen-bond acceptors (Lipinski definition) is 3. The average Bonchev–Trinajstić information content (AvgIpc) is 2.53. The van der Waals surface area contributed by atoms with Gasteiger partial charge in [-0.3, -0.25) is 0 Å². The fraction of sp³-hybridized carbons (Fsp3) is 0.588. The van der Waals surface area contributed by atoms with Crippen molar-refractivity contribution in [3.05, 3.63) is 23.8 Å². The van der Waals surface area contributed by atoms with Gasteiger partial charge in [-0.2, -0.15) is 0 Å². The first-order valence-electron chi connectivity index (χ1n) is 7.80. The van der Waals surface area contributed by atoms with Gasteiger partial charge in [-0.1, -0.05) is 19.9 Å². The van der Waals surface area contributed by atoms with Crippen LogP contribution in [0.5, 0.6) is 5.75 Å². The predicted molar refractivity (Wildman–Crippen MR) is 89.5 cm³/mol. The minimum absolute atomic E-state index is 0.0521. The maximum Gasteiger partial charge on any atom is 0.319 e. The second kappa shape index (κ2) is 8.63. The van der Waals surface area contributed by atoms with Crippen molar-refractivity contribution >= 4 is 11.7 Å². The van der Waals surface area contributed by atoms with Crippen molar-refractivity contribution in [3.8, 4) is 5.75 Å². The number of aliphatic hydroxyl groups is 1. The topological polar surface area (TPSA) is 70.6 Å². The molecule has 2 amide bonds. The summed E-state index contributed by atoms with van der Waals surface area (Å²) >= 11 is 0. The van der Waals surface area contributed by atoms with Crippen molar-refractivity contribution in [3.63, 3.8) is 0 Å². The fourth-order valence-electron chi connectivity index (χ4n) is 2.52. The van der Waals surface area contributed by atoms with Gasteiger partial charge in [0.1, 0.15) is 5.75 Å². The molecule has 0 atom stereocenters. The number of carbonyl (C=O) groups excluding carboxylic acids is 1. The van der Waals surface area contributed by atoms with Gasteiger partial charge in [0, 0.05) is 13.2 Å². The van der Waals surface area contributed by atoms with Crippen molar-refractivity contribution in [1.29, 1.82) is 0 Å². The Hall–Kier alpha value is -1.75. The van der Waals surface area contributed by atoms with E-state index in [2.05, 4.69) is 24.5 Å². The number of aliphatic hydroxyl groups excluding tert-OH is 1. The molecule has 3 N–H and O–H groups in total. The second-order valence-corrected chi connectivity index (χ2v) is 5.69. The van der Waals surface area contributed by atoms with Gasteiger partial charge in [-0.25, -0.2) is 4.79 Å². The molecule has 22 heavy (non-hydrogen) atoms. The van der Waals surface area contributed by atoms with Crippen LogP contribution in [0.2, 0.25) is 0 Å². The molecule has 0 aromatic heterocycles. The van der Waals surface area contributed by atoms with E-state index in [1.54, 1.807) is 7.11 Å². The number of urea groups is 1. The first kappa shape index (κ1) is 18.3. The van der Waals surface area contributed by atoms with Gasteiger partial charge < -0.3 is 20.5 Å². The zero-order chi connectivity index (χ0) is 16.6. The molecule has 0 saturated carbocycles. The molecule has 1 rings (SSSR count). The number of carbonyl (C=O) groups is 1. The summed E-state index contributed by atoms with van der Waals surface area (Å²) in [6.45, 7) is 6.82. The van der Waals surface area contributed by atoms with E-state index >= 15 is 0 Å².